The van der Waals surface area contributed by atoms with Gasteiger partial charge in [0.1, 0.15) is 0 Å². The highest BCUT2D eigenvalue weighted by Gasteiger charge is 2.32. The quantitative estimate of drug-likeness (QED) is 0.537. The predicted molar refractivity (Wildman–Crippen MR) is 57.1 cm³/mol. The molecule has 1 aliphatic rings. The van der Waals surface area contributed by atoms with E-state index in [-0.39, 0.29) is 24.5 Å². The molecule has 1 rings (SSSR count). The van der Waals surface area contributed by atoms with Gasteiger partial charge in [0.15, 0.2) is 6.10 Å². The van der Waals surface area contributed by atoms with Gasteiger partial charge in [0.05, 0.1) is 0 Å². The Labute approximate surface area is 94.0 Å². The SMILES string of the molecule is CC1(NC(=O)NCC[C@H](O)C(=O)O)CCC1. The molecule has 6 heteroatoms. The fraction of sp³-hybridized carbons (Fsp3) is 0.800. The maximum Gasteiger partial charge on any atom is 0.332 e. The van der Waals surface area contributed by atoms with E-state index in [4.69, 9.17) is 10.2 Å². The first kappa shape index (κ1) is 12.8. The van der Waals surface area contributed by atoms with Crippen LogP contribution >= 0.6 is 0 Å². The smallest absolute Gasteiger partial charge is 0.332 e. The molecule has 16 heavy (non-hydrogen) atoms. The molecule has 92 valence electrons. The number of aliphatic carboxylic acids is 1. The Morgan fingerprint density at radius 2 is 2.06 bits per heavy atom. The van der Waals surface area contributed by atoms with Crippen LogP contribution in [0.4, 0.5) is 4.79 Å². The van der Waals surface area contributed by atoms with Gasteiger partial charge < -0.3 is 20.8 Å². The van der Waals surface area contributed by atoms with E-state index < -0.39 is 12.1 Å². The van der Waals surface area contributed by atoms with E-state index in [0.717, 1.165) is 19.3 Å². The Balaban J connectivity index is 2.13. The number of carbonyl (C=O) groups is 2. The van der Waals surface area contributed by atoms with Crippen molar-refractivity contribution < 1.29 is 19.8 Å². The number of nitrogens with one attached hydrogen (secondary N) is 2. The van der Waals surface area contributed by atoms with E-state index in [1.54, 1.807) is 0 Å². The van der Waals surface area contributed by atoms with E-state index in [0.29, 0.717) is 0 Å². The van der Waals surface area contributed by atoms with E-state index in [2.05, 4.69) is 10.6 Å². The van der Waals surface area contributed by atoms with Crippen LogP contribution in [0.1, 0.15) is 32.6 Å². The molecular weight excluding hydrogens is 212 g/mol. The molecule has 1 atom stereocenters. The molecule has 1 fully saturated rings. The Morgan fingerprint density at radius 3 is 2.50 bits per heavy atom. The van der Waals surface area contributed by atoms with Crippen molar-refractivity contribution >= 4 is 12.0 Å². The number of hydrogen-bond donors (Lipinski definition) is 4. The Morgan fingerprint density at radius 1 is 1.44 bits per heavy atom. The fourth-order valence-electron chi connectivity index (χ4n) is 1.60. The lowest BCUT2D eigenvalue weighted by Gasteiger charge is -2.39. The normalized spacial score (nSPS) is 19.4. The highest BCUT2D eigenvalue weighted by Crippen LogP contribution is 2.30. The van der Waals surface area contributed by atoms with Crippen LogP contribution in [-0.4, -0.2) is 40.4 Å². The van der Waals surface area contributed by atoms with Gasteiger partial charge in [-0.15, -0.1) is 0 Å². The minimum Gasteiger partial charge on any atom is -0.479 e. The van der Waals surface area contributed by atoms with Gasteiger partial charge in [-0.1, -0.05) is 0 Å². The van der Waals surface area contributed by atoms with Crippen molar-refractivity contribution in [2.45, 2.75) is 44.2 Å². The molecule has 0 aromatic rings. The van der Waals surface area contributed by atoms with Gasteiger partial charge in [0, 0.05) is 18.5 Å². The highest BCUT2D eigenvalue weighted by atomic mass is 16.4. The van der Waals surface area contributed by atoms with Crippen LogP contribution in [0.15, 0.2) is 0 Å². The number of amides is 2. The van der Waals surface area contributed by atoms with E-state index in [9.17, 15) is 9.59 Å². The Hall–Kier alpha value is -1.30. The van der Waals surface area contributed by atoms with Gasteiger partial charge in [-0.2, -0.15) is 0 Å². The number of urea groups is 1. The van der Waals surface area contributed by atoms with Crippen molar-refractivity contribution in [3.63, 3.8) is 0 Å². The molecule has 0 unspecified atom stereocenters. The first-order valence-corrected chi connectivity index (χ1v) is 5.40. The molecule has 0 saturated heterocycles. The Kier molecular flexibility index (Phi) is 4.12. The standard InChI is InChI=1S/C10H18N2O4/c1-10(4-2-5-10)12-9(16)11-6-3-7(13)8(14)15/h7,13H,2-6H2,1H3,(H,14,15)(H2,11,12,16)/t7-/m0/s1. The maximum absolute atomic E-state index is 11.4. The molecular formula is C10H18N2O4. The average molecular weight is 230 g/mol. The Bertz CT molecular complexity index is 276. The van der Waals surface area contributed by atoms with Crippen molar-refractivity contribution in [2.75, 3.05) is 6.54 Å². The van der Waals surface area contributed by atoms with Gasteiger partial charge in [-0.25, -0.2) is 9.59 Å². The van der Waals surface area contributed by atoms with Crippen LogP contribution in [0.2, 0.25) is 0 Å². The van der Waals surface area contributed by atoms with Crippen LogP contribution < -0.4 is 10.6 Å². The summed E-state index contributed by atoms with van der Waals surface area (Å²) < 4.78 is 0. The van der Waals surface area contributed by atoms with Gasteiger partial charge in [-0.3, -0.25) is 0 Å². The van der Waals surface area contributed by atoms with Crippen LogP contribution in [0, 0.1) is 0 Å². The largest absolute Gasteiger partial charge is 0.479 e. The molecule has 0 aromatic carbocycles. The molecule has 1 aliphatic carbocycles. The molecule has 0 bridgehead atoms. The van der Waals surface area contributed by atoms with Crippen molar-refractivity contribution in [3.05, 3.63) is 0 Å². The highest BCUT2D eigenvalue weighted by molar-refractivity contribution is 5.75. The first-order chi connectivity index (χ1) is 7.43. The summed E-state index contributed by atoms with van der Waals surface area (Å²) in [5, 5.41) is 22.7. The molecule has 4 N–H and O–H groups in total. The van der Waals surface area contributed by atoms with Crippen LogP contribution in [0.5, 0.6) is 0 Å². The minimum atomic E-state index is -1.42. The number of rotatable bonds is 5. The van der Waals surface area contributed by atoms with Crippen molar-refractivity contribution in [3.8, 4) is 0 Å². The first-order valence-electron chi connectivity index (χ1n) is 5.40. The van der Waals surface area contributed by atoms with Gasteiger partial charge >= 0.3 is 12.0 Å². The molecule has 0 aromatic heterocycles. The maximum atomic E-state index is 11.4. The molecule has 0 radical (unpaired) electrons. The third-order valence-electron chi connectivity index (χ3n) is 2.86. The minimum absolute atomic E-state index is 0.0134. The summed E-state index contributed by atoms with van der Waals surface area (Å²) in [7, 11) is 0. The van der Waals surface area contributed by atoms with Crippen LogP contribution in [0.25, 0.3) is 0 Å². The summed E-state index contributed by atoms with van der Waals surface area (Å²) in [6.07, 6.45) is 1.66. The second kappa shape index (κ2) is 5.16. The second-order valence-electron chi connectivity index (χ2n) is 4.44. The zero-order chi connectivity index (χ0) is 12.2. The monoisotopic (exact) mass is 230 g/mol. The summed E-state index contributed by atoms with van der Waals surface area (Å²) in [5.41, 5.74) is -0.116. The molecule has 6 nitrogen and oxygen atoms in total. The van der Waals surface area contributed by atoms with E-state index >= 15 is 0 Å². The lowest BCUT2D eigenvalue weighted by atomic mass is 9.79. The zero-order valence-electron chi connectivity index (χ0n) is 9.32. The summed E-state index contributed by atoms with van der Waals surface area (Å²) in [6.45, 7) is 2.12. The third-order valence-corrected chi connectivity index (χ3v) is 2.86. The number of carbonyl (C=O) groups excluding carboxylic acids is 1. The van der Waals surface area contributed by atoms with Crippen molar-refractivity contribution in [1.29, 1.82) is 0 Å². The van der Waals surface area contributed by atoms with Crippen LogP contribution in [0.3, 0.4) is 0 Å². The summed E-state index contributed by atoms with van der Waals surface area (Å²) in [6, 6.07) is -0.306. The average Bonchev–Trinajstić information content (AvgIpc) is 2.14. The fourth-order valence-corrected chi connectivity index (χ4v) is 1.60. The lowest BCUT2D eigenvalue weighted by molar-refractivity contribution is -0.146. The number of carboxylic acids is 1. The molecule has 1 saturated carbocycles. The van der Waals surface area contributed by atoms with Gasteiger partial charge in [0.25, 0.3) is 0 Å². The van der Waals surface area contributed by atoms with Gasteiger partial charge in [0.2, 0.25) is 0 Å². The summed E-state index contributed by atoms with van der Waals surface area (Å²) in [5.74, 6) is -1.27. The van der Waals surface area contributed by atoms with E-state index in [1.165, 1.54) is 0 Å². The summed E-state index contributed by atoms with van der Waals surface area (Å²) in [4.78, 5) is 21.6. The zero-order valence-corrected chi connectivity index (χ0v) is 9.32. The third kappa shape index (κ3) is 3.69. The predicted octanol–water partition coefficient (Wildman–Crippen LogP) is 0.0638. The lowest BCUT2D eigenvalue weighted by Crippen LogP contribution is -2.54. The van der Waals surface area contributed by atoms with Gasteiger partial charge in [-0.05, 0) is 26.2 Å². The topological polar surface area (TPSA) is 98.7 Å². The number of aliphatic hydroxyl groups excluding tert-OH is 1. The number of carboxylic acid groups (broad SMARTS) is 1. The van der Waals surface area contributed by atoms with E-state index in [1.807, 2.05) is 6.92 Å². The number of aliphatic hydroxyl groups is 1. The molecule has 0 spiro atoms. The van der Waals surface area contributed by atoms with Crippen molar-refractivity contribution in [2.24, 2.45) is 0 Å². The number of hydrogen-bond acceptors (Lipinski definition) is 3. The second-order valence-corrected chi connectivity index (χ2v) is 4.44. The molecule has 0 aliphatic heterocycles. The molecule has 2 amide bonds. The summed E-state index contributed by atoms with van der Waals surface area (Å²) >= 11 is 0. The van der Waals surface area contributed by atoms with Crippen molar-refractivity contribution in [1.82, 2.24) is 10.6 Å². The molecule has 0 heterocycles. The van der Waals surface area contributed by atoms with Crippen LogP contribution in [-0.2, 0) is 4.79 Å².